The molecule has 0 saturated carbocycles. The van der Waals surface area contributed by atoms with Gasteiger partial charge in [-0.1, -0.05) is 96.8 Å². The molecular weight excluding hydrogens is 330 g/mol. The van der Waals surface area contributed by atoms with Gasteiger partial charge in [0.2, 0.25) is 0 Å². The average Bonchev–Trinajstić information content (AvgIpc) is 2.62. The quantitative estimate of drug-likeness (QED) is 0.269. The second-order valence-corrected chi connectivity index (χ2v) is 7.88. The summed E-state index contributed by atoms with van der Waals surface area (Å²) in [5, 5.41) is 0. The zero-order chi connectivity index (χ0) is 17.3. The molecule has 1 fully saturated rings. The van der Waals surface area contributed by atoms with Crippen LogP contribution in [0.25, 0.3) is 0 Å². The van der Waals surface area contributed by atoms with Crippen molar-refractivity contribution < 1.29 is 4.74 Å². The first-order chi connectivity index (χ1) is 11.8. The van der Waals surface area contributed by atoms with Gasteiger partial charge in [-0.15, -0.1) is 12.4 Å². The van der Waals surface area contributed by atoms with Crippen LogP contribution in [-0.4, -0.2) is 37.2 Å². The SMILES string of the molecule is CCCCCCCCCCCCCCCCC(C)N1CCOCC1.Cl. The molecule has 0 aromatic heterocycles. The Bertz CT molecular complexity index is 256. The molecule has 0 radical (unpaired) electrons. The van der Waals surface area contributed by atoms with Crippen LogP contribution in [0.15, 0.2) is 0 Å². The number of halogens is 1. The lowest BCUT2D eigenvalue weighted by molar-refractivity contribution is 0.0181. The van der Waals surface area contributed by atoms with Crippen molar-refractivity contribution in [1.29, 1.82) is 0 Å². The van der Waals surface area contributed by atoms with E-state index in [0.717, 1.165) is 32.3 Å². The third-order valence-electron chi connectivity index (χ3n) is 5.64. The number of rotatable bonds is 16. The van der Waals surface area contributed by atoms with Crippen molar-refractivity contribution in [1.82, 2.24) is 4.90 Å². The lowest BCUT2D eigenvalue weighted by Crippen LogP contribution is -2.42. The predicted molar refractivity (Wildman–Crippen MR) is 114 cm³/mol. The Labute approximate surface area is 164 Å². The van der Waals surface area contributed by atoms with Crippen molar-refractivity contribution in [3.8, 4) is 0 Å². The summed E-state index contributed by atoms with van der Waals surface area (Å²) in [4.78, 5) is 2.60. The molecule has 0 bridgehead atoms. The molecule has 25 heavy (non-hydrogen) atoms. The van der Waals surface area contributed by atoms with Gasteiger partial charge < -0.3 is 4.74 Å². The molecule has 0 aliphatic carbocycles. The van der Waals surface area contributed by atoms with Crippen molar-refractivity contribution in [2.24, 2.45) is 0 Å². The summed E-state index contributed by atoms with van der Waals surface area (Å²) >= 11 is 0. The van der Waals surface area contributed by atoms with Crippen LogP contribution < -0.4 is 0 Å². The van der Waals surface area contributed by atoms with Gasteiger partial charge in [0.1, 0.15) is 0 Å². The van der Waals surface area contributed by atoms with Crippen LogP contribution in [0.2, 0.25) is 0 Å². The Morgan fingerprint density at radius 2 is 1.08 bits per heavy atom. The van der Waals surface area contributed by atoms with E-state index in [1.165, 1.54) is 96.3 Å². The Morgan fingerprint density at radius 3 is 1.52 bits per heavy atom. The fraction of sp³-hybridized carbons (Fsp3) is 1.00. The molecular formula is C22H46ClNO. The van der Waals surface area contributed by atoms with Crippen LogP contribution in [-0.2, 0) is 4.74 Å². The van der Waals surface area contributed by atoms with Gasteiger partial charge in [0.05, 0.1) is 13.2 Å². The summed E-state index contributed by atoms with van der Waals surface area (Å²) in [6.07, 6.45) is 21.7. The number of nitrogens with zero attached hydrogens (tertiary/aromatic N) is 1. The van der Waals surface area contributed by atoms with Gasteiger partial charge in [0.15, 0.2) is 0 Å². The molecule has 1 atom stereocenters. The van der Waals surface area contributed by atoms with E-state index < -0.39 is 0 Å². The van der Waals surface area contributed by atoms with E-state index in [4.69, 9.17) is 4.74 Å². The highest BCUT2D eigenvalue weighted by atomic mass is 35.5. The van der Waals surface area contributed by atoms with Gasteiger partial charge in [-0.05, 0) is 13.3 Å². The van der Waals surface area contributed by atoms with Crippen molar-refractivity contribution in [2.75, 3.05) is 26.3 Å². The topological polar surface area (TPSA) is 12.5 Å². The fourth-order valence-corrected chi connectivity index (χ4v) is 3.84. The van der Waals surface area contributed by atoms with Gasteiger partial charge in [-0.2, -0.15) is 0 Å². The Morgan fingerprint density at radius 1 is 0.680 bits per heavy atom. The Balaban J connectivity index is 0.00000576. The molecule has 152 valence electrons. The minimum atomic E-state index is 0. The van der Waals surface area contributed by atoms with E-state index in [1.807, 2.05) is 0 Å². The van der Waals surface area contributed by atoms with Gasteiger partial charge in [-0.25, -0.2) is 0 Å². The molecule has 0 spiro atoms. The van der Waals surface area contributed by atoms with E-state index in [-0.39, 0.29) is 12.4 Å². The molecule has 1 rings (SSSR count). The highest BCUT2D eigenvalue weighted by Crippen LogP contribution is 2.15. The van der Waals surface area contributed by atoms with E-state index in [9.17, 15) is 0 Å². The first kappa shape index (κ1) is 25.2. The average molecular weight is 376 g/mol. The number of ether oxygens (including phenoxy) is 1. The predicted octanol–water partition coefficient (Wildman–Crippen LogP) is 7.00. The first-order valence-electron chi connectivity index (χ1n) is 11.2. The highest BCUT2D eigenvalue weighted by molar-refractivity contribution is 5.85. The maximum Gasteiger partial charge on any atom is 0.0594 e. The van der Waals surface area contributed by atoms with E-state index in [2.05, 4.69) is 18.7 Å². The van der Waals surface area contributed by atoms with E-state index in [0.29, 0.717) is 0 Å². The van der Waals surface area contributed by atoms with Crippen LogP contribution >= 0.6 is 12.4 Å². The van der Waals surface area contributed by atoms with Crippen molar-refractivity contribution >= 4 is 12.4 Å². The standard InChI is InChI=1S/C22H45NO.ClH/c1-3-4-5-6-7-8-9-10-11-12-13-14-15-16-17-22(2)23-18-20-24-21-19-23;/h22H,3-21H2,1-2H3;1H. The largest absolute Gasteiger partial charge is 0.379 e. The summed E-state index contributed by atoms with van der Waals surface area (Å²) < 4.78 is 5.44. The molecule has 1 saturated heterocycles. The minimum absolute atomic E-state index is 0. The number of unbranched alkanes of at least 4 members (excludes halogenated alkanes) is 13. The van der Waals surface area contributed by atoms with Crippen LogP contribution in [0.3, 0.4) is 0 Å². The zero-order valence-electron chi connectivity index (χ0n) is 17.3. The summed E-state index contributed by atoms with van der Waals surface area (Å²) in [5.74, 6) is 0. The van der Waals surface area contributed by atoms with Crippen LogP contribution in [0, 0.1) is 0 Å². The number of hydrogen-bond acceptors (Lipinski definition) is 2. The third-order valence-corrected chi connectivity index (χ3v) is 5.64. The minimum Gasteiger partial charge on any atom is -0.379 e. The lowest BCUT2D eigenvalue weighted by atomic mass is 10.0. The fourth-order valence-electron chi connectivity index (χ4n) is 3.84. The van der Waals surface area contributed by atoms with Crippen molar-refractivity contribution in [2.45, 2.75) is 116 Å². The summed E-state index contributed by atoms with van der Waals surface area (Å²) in [6, 6.07) is 0.756. The number of morpholine rings is 1. The smallest absolute Gasteiger partial charge is 0.0594 e. The molecule has 3 heteroatoms. The summed E-state index contributed by atoms with van der Waals surface area (Å²) in [7, 11) is 0. The Kier molecular flexibility index (Phi) is 19.1. The molecule has 2 nitrogen and oxygen atoms in total. The summed E-state index contributed by atoms with van der Waals surface area (Å²) in [5.41, 5.74) is 0. The maximum atomic E-state index is 5.44. The molecule has 0 aromatic rings. The second kappa shape index (κ2) is 19.0. The first-order valence-corrected chi connectivity index (χ1v) is 11.2. The number of hydrogen-bond donors (Lipinski definition) is 0. The molecule has 1 aliphatic heterocycles. The monoisotopic (exact) mass is 375 g/mol. The normalized spacial score (nSPS) is 16.6. The van der Waals surface area contributed by atoms with Crippen molar-refractivity contribution in [3.63, 3.8) is 0 Å². The van der Waals surface area contributed by atoms with E-state index >= 15 is 0 Å². The van der Waals surface area contributed by atoms with Gasteiger partial charge in [0, 0.05) is 19.1 Å². The Hall–Kier alpha value is 0.210. The van der Waals surface area contributed by atoms with Crippen LogP contribution in [0.1, 0.15) is 110 Å². The highest BCUT2D eigenvalue weighted by Gasteiger charge is 2.16. The molecule has 1 unspecified atom stereocenters. The van der Waals surface area contributed by atoms with E-state index in [1.54, 1.807) is 0 Å². The second-order valence-electron chi connectivity index (χ2n) is 7.88. The van der Waals surface area contributed by atoms with Crippen LogP contribution in [0.4, 0.5) is 0 Å². The maximum absolute atomic E-state index is 5.44. The molecule has 0 amide bonds. The van der Waals surface area contributed by atoms with Crippen molar-refractivity contribution in [3.05, 3.63) is 0 Å². The summed E-state index contributed by atoms with van der Waals surface area (Å²) in [6.45, 7) is 8.84. The molecule has 1 aliphatic rings. The third kappa shape index (κ3) is 15.0. The van der Waals surface area contributed by atoms with Gasteiger partial charge in [0.25, 0.3) is 0 Å². The van der Waals surface area contributed by atoms with Crippen LogP contribution in [0.5, 0.6) is 0 Å². The molecule has 0 aromatic carbocycles. The molecule has 0 N–H and O–H groups in total. The lowest BCUT2D eigenvalue weighted by Gasteiger charge is -2.32. The van der Waals surface area contributed by atoms with Gasteiger partial charge >= 0.3 is 0 Å². The molecule has 1 heterocycles. The van der Waals surface area contributed by atoms with Gasteiger partial charge in [-0.3, -0.25) is 4.90 Å². The zero-order valence-corrected chi connectivity index (χ0v) is 18.1.